The summed E-state index contributed by atoms with van der Waals surface area (Å²) in [6.45, 7) is 3.57. The van der Waals surface area contributed by atoms with Crippen molar-refractivity contribution in [1.82, 2.24) is 9.80 Å². The maximum atomic E-state index is 4.94. The molecule has 1 heterocycles. The van der Waals surface area contributed by atoms with Gasteiger partial charge in [0.05, 0.1) is 0 Å². The van der Waals surface area contributed by atoms with Gasteiger partial charge in [-0.1, -0.05) is 24.4 Å². The van der Waals surface area contributed by atoms with E-state index in [1.165, 1.54) is 0 Å². The molecule has 1 aliphatic heterocycles. The molecule has 0 saturated carbocycles. The first-order valence-corrected chi connectivity index (χ1v) is 5.28. The van der Waals surface area contributed by atoms with Gasteiger partial charge in [-0.15, -0.1) is 25.3 Å². The first-order valence-electron chi connectivity index (χ1n) is 3.57. The van der Waals surface area contributed by atoms with Gasteiger partial charge in [0.1, 0.15) is 8.64 Å². The van der Waals surface area contributed by atoms with Gasteiger partial charge >= 0.3 is 59.1 Å². The SMILES string of the molecule is S=C(S)N1CCN(C(=S)S)CC1.[NaH].[NaH]. The summed E-state index contributed by atoms with van der Waals surface area (Å²) < 4.78 is 1.33. The molecule has 0 aromatic carbocycles. The third-order valence-corrected chi connectivity index (χ3v) is 2.90. The van der Waals surface area contributed by atoms with Crippen molar-refractivity contribution in [1.29, 1.82) is 0 Å². The second-order valence-corrected chi connectivity index (χ2v) is 4.76. The average Bonchev–Trinajstić information content (AvgIpc) is 2.04. The minimum absolute atomic E-state index is 0. The van der Waals surface area contributed by atoms with Gasteiger partial charge in [-0.2, -0.15) is 0 Å². The molecule has 0 aromatic rings. The van der Waals surface area contributed by atoms with E-state index in [1.807, 2.05) is 0 Å². The van der Waals surface area contributed by atoms with Crippen LogP contribution in [0.1, 0.15) is 0 Å². The van der Waals surface area contributed by atoms with E-state index < -0.39 is 0 Å². The van der Waals surface area contributed by atoms with E-state index in [1.54, 1.807) is 0 Å². The predicted octanol–water partition coefficient (Wildman–Crippen LogP) is -0.264. The van der Waals surface area contributed by atoms with E-state index in [0.717, 1.165) is 26.2 Å². The molecule has 2 nitrogen and oxygen atoms in total. The molecule has 14 heavy (non-hydrogen) atoms. The van der Waals surface area contributed by atoms with E-state index in [9.17, 15) is 0 Å². The summed E-state index contributed by atoms with van der Waals surface area (Å²) in [5.41, 5.74) is 0. The van der Waals surface area contributed by atoms with Crippen LogP contribution in [-0.2, 0) is 0 Å². The summed E-state index contributed by atoms with van der Waals surface area (Å²) in [6, 6.07) is 0. The van der Waals surface area contributed by atoms with Crippen molar-refractivity contribution in [2.24, 2.45) is 0 Å². The minimum atomic E-state index is 0. The molecule has 1 rings (SSSR count). The van der Waals surface area contributed by atoms with Crippen LogP contribution in [0.2, 0.25) is 0 Å². The summed E-state index contributed by atoms with van der Waals surface area (Å²) in [5.74, 6) is 0. The predicted molar refractivity (Wildman–Crippen MR) is 80.6 cm³/mol. The van der Waals surface area contributed by atoms with Crippen molar-refractivity contribution in [3.63, 3.8) is 0 Å². The second kappa shape index (κ2) is 9.50. The molecule has 0 bridgehead atoms. The van der Waals surface area contributed by atoms with Crippen molar-refractivity contribution < 1.29 is 0 Å². The van der Waals surface area contributed by atoms with E-state index in [-0.39, 0.29) is 59.1 Å². The van der Waals surface area contributed by atoms with Crippen LogP contribution in [0.3, 0.4) is 0 Å². The maximum absolute atomic E-state index is 4.94. The Balaban J connectivity index is 0. The van der Waals surface area contributed by atoms with Gasteiger partial charge in [0.25, 0.3) is 0 Å². The number of rotatable bonds is 0. The zero-order valence-electron chi connectivity index (χ0n) is 6.43. The second-order valence-electron chi connectivity index (χ2n) is 2.54. The van der Waals surface area contributed by atoms with Crippen LogP contribution in [0.15, 0.2) is 0 Å². The van der Waals surface area contributed by atoms with Crippen molar-refractivity contribution in [3.05, 3.63) is 0 Å². The van der Waals surface area contributed by atoms with Crippen LogP contribution in [0.25, 0.3) is 0 Å². The summed E-state index contributed by atoms with van der Waals surface area (Å²) >= 11 is 18.1. The number of piperazine rings is 1. The van der Waals surface area contributed by atoms with Crippen LogP contribution in [-0.4, -0.2) is 104 Å². The third-order valence-electron chi connectivity index (χ3n) is 1.82. The number of thiol groups is 2. The zero-order chi connectivity index (χ0) is 9.14. The fraction of sp³-hybridized carbons (Fsp3) is 0.667. The number of nitrogens with zero attached hydrogens (tertiary/aromatic N) is 2. The quantitative estimate of drug-likeness (QED) is 0.360. The Kier molecular flexibility index (Phi) is 12.8. The molecular formula is C6H12N2Na2S4. The summed E-state index contributed by atoms with van der Waals surface area (Å²) in [6.07, 6.45) is 0. The van der Waals surface area contributed by atoms with Crippen LogP contribution in [0.4, 0.5) is 0 Å². The first kappa shape index (κ1) is 18.8. The number of hydrogen-bond donors (Lipinski definition) is 2. The molecule has 0 amide bonds. The Morgan fingerprint density at radius 1 is 0.786 bits per heavy atom. The van der Waals surface area contributed by atoms with Gasteiger partial charge in [0.15, 0.2) is 0 Å². The molecule has 0 aromatic heterocycles. The van der Waals surface area contributed by atoms with Crippen molar-refractivity contribution >= 4 is 117 Å². The topological polar surface area (TPSA) is 6.48 Å². The Morgan fingerprint density at radius 2 is 1.00 bits per heavy atom. The third kappa shape index (κ3) is 6.27. The van der Waals surface area contributed by atoms with Gasteiger partial charge in [0, 0.05) is 26.2 Å². The van der Waals surface area contributed by atoms with Crippen LogP contribution in [0, 0.1) is 0 Å². The van der Waals surface area contributed by atoms with E-state index >= 15 is 0 Å². The molecule has 0 N–H and O–H groups in total. The van der Waals surface area contributed by atoms with Gasteiger partial charge in [-0.3, -0.25) is 0 Å². The Morgan fingerprint density at radius 3 is 1.14 bits per heavy atom. The summed E-state index contributed by atoms with van der Waals surface area (Å²) in [5, 5.41) is 0. The van der Waals surface area contributed by atoms with Gasteiger partial charge in [0.2, 0.25) is 0 Å². The van der Waals surface area contributed by atoms with Crippen LogP contribution in [0.5, 0.6) is 0 Å². The fourth-order valence-electron chi connectivity index (χ4n) is 1.09. The summed E-state index contributed by atoms with van der Waals surface area (Å²) in [7, 11) is 0. The number of hydrogen-bond acceptors (Lipinski definition) is 2. The Labute approximate surface area is 151 Å². The zero-order valence-corrected chi connectivity index (χ0v) is 9.86. The molecule has 0 radical (unpaired) electrons. The van der Waals surface area contributed by atoms with E-state index in [4.69, 9.17) is 24.4 Å². The Hall–Kier alpha value is 2.48. The standard InChI is InChI=1S/C6H10N2S4.2Na.2H/c9-5(10)7-1-2-8(4-3-7)6(11)12;;;;/h1-4H2,(H,9,10)(H,11,12);;;;. The van der Waals surface area contributed by atoms with Gasteiger partial charge < -0.3 is 9.80 Å². The average molecular weight is 286 g/mol. The number of thiocarbonyl (C=S) groups is 2. The van der Waals surface area contributed by atoms with Crippen molar-refractivity contribution in [2.45, 2.75) is 0 Å². The summed E-state index contributed by atoms with van der Waals surface area (Å²) in [4.78, 5) is 4.11. The van der Waals surface area contributed by atoms with E-state index in [0.29, 0.717) is 8.64 Å². The molecule has 0 aliphatic carbocycles. The molecule has 1 fully saturated rings. The monoisotopic (exact) mass is 286 g/mol. The first-order chi connectivity index (χ1) is 5.61. The van der Waals surface area contributed by atoms with Crippen LogP contribution < -0.4 is 0 Å². The molecule has 0 atom stereocenters. The van der Waals surface area contributed by atoms with Crippen LogP contribution >= 0.6 is 49.7 Å². The fourth-order valence-corrected chi connectivity index (χ4v) is 1.85. The molecule has 8 heteroatoms. The van der Waals surface area contributed by atoms with Gasteiger partial charge in [-0.25, -0.2) is 0 Å². The molecule has 0 spiro atoms. The van der Waals surface area contributed by atoms with Crippen molar-refractivity contribution in [2.75, 3.05) is 26.2 Å². The molecular weight excluding hydrogens is 274 g/mol. The Bertz CT molecular complexity index is 184. The normalized spacial score (nSPS) is 15.3. The van der Waals surface area contributed by atoms with E-state index in [2.05, 4.69) is 35.1 Å². The molecule has 72 valence electrons. The molecule has 0 unspecified atom stereocenters. The molecule has 1 aliphatic rings. The molecule has 1 saturated heterocycles. The van der Waals surface area contributed by atoms with Gasteiger partial charge in [-0.05, 0) is 0 Å². The van der Waals surface area contributed by atoms with Crippen molar-refractivity contribution in [3.8, 4) is 0 Å².